The molecule has 5 nitrogen and oxygen atoms in total. The van der Waals surface area contributed by atoms with E-state index in [9.17, 15) is 4.79 Å². The lowest BCUT2D eigenvalue weighted by atomic mass is 10.2. The number of nitrogens with zero attached hydrogens (tertiary/aromatic N) is 1. The third-order valence-corrected chi connectivity index (χ3v) is 2.93. The van der Waals surface area contributed by atoms with Gasteiger partial charge in [0.25, 0.3) is 5.91 Å². The Hall–Kier alpha value is -1.21. The molecular weight excluding hydrogens is 288 g/mol. The van der Waals surface area contributed by atoms with Gasteiger partial charge in [-0.05, 0) is 30.4 Å². The van der Waals surface area contributed by atoms with Crippen molar-refractivity contribution in [3.05, 3.63) is 34.9 Å². The van der Waals surface area contributed by atoms with Gasteiger partial charge in [-0.25, -0.2) is 0 Å². The number of benzene rings is 1. The monoisotopic (exact) mass is 302 g/mol. The lowest BCUT2D eigenvalue weighted by Crippen LogP contribution is -2.45. The van der Waals surface area contributed by atoms with E-state index in [1.807, 2.05) is 0 Å². The molecule has 104 valence electrons. The maximum atomic E-state index is 11.9. The Morgan fingerprint density at radius 2 is 1.95 bits per heavy atom. The van der Waals surface area contributed by atoms with Crippen molar-refractivity contribution in [1.82, 2.24) is 10.2 Å². The van der Waals surface area contributed by atoms with Crippen molar-refractivity contribution >= 4 is 34.8 Å². The maximum Gasteiger partial charge on any atom is 0.257 e. The van der Waals surface area contributed by atoms with Crippen LogP contribution in [0.5, 0.6) is 0 Å². The Morgan fingerprint density at radius 3 is 2.47 bits per heavy atom. The highest BCUT2D eigenvalue weighted by atomic mass is 35.5. The number of aliphatic hydroxyl groups is 2. The number of carbonyl (C=O) groups is 1. The van der Waals surface area contributed by atoms with E-state index < -0.39 is 0 Å². The van der Waals surface area contributed by atoms with Crippen LogP contribution in [0.1, 0.15) is 10.4 Å². The zero-order chi connectivity index (χ0) is 14.3. The molecule has 0 aliphatic carbocycles. The lowest BCUT2D eigenvalue weighted by Gasteiger charge is -2.23. The molecule has 1 rings (SSSR count). The van der Waals surface area contributed by atoms with Crippen molar-refractivity contribution in [1.29, 1.82) is 0 Å². The first kappa shape index (κ1) is 15.8. The molecule has 0 saturated carbocycles. The largest absolute Gasteiger partial charge is 0.395 e. The molecule has 0 spiro atoms. The Labute approximate surface area is 121 Å². The average molecular weight is 303 g/mol. The van der Waals surface area contributed by atoms with Gasteiger partial charge in [0, 0.05) is 23.7 Å². The summed E-state index contributed by atoms with van der Waals surface area (Å²) in [6.45, 7) is 0.255. The van der Waals surface area contributed by atoms with Gasteiger partial charge in [0.2, 0.25) is 0 Å². The molecule has 0 radical (unpaired) electrons. The van der Waals surface area contributed by atoms with Crippen LogP contribution >= 0.6 is 23.8 Å². The third-order valence-electron chi connectivity index (χ3n) is 2.33. The predicted octanol–water partition coefficient (Wildman–Crippen LogP) is 0.641. The SMILES string of the molecule is O=C(NC(=S)N(CCO)CCO)c1cccc(Cl)c1. The second kappa shape index (κ2) is 8.06. The molecule has 1 amide bonds. The maximum absolute atomic E-state index is 11.9. The summed E-state index contributed by atoms with van der Waals surface area (Å²) >= 11 is 10.9. The summed E-state index contributed by atoms with van der Waals surface area (Å²) in [4.78, 5) is 13.4. The van der Waals surface area contributed by atoms with Crippen molar-refractivity contribution < 1.29 is 15.0 Å². The van der Waals surface area contributed by atoms with Crippen LogP contribution in [0.15, 0.2) is 24.3 Å². The van der Waals surface area contributed by atoms with E-state index in [-0.39, 0.29) is 37.3 Å². The molecule has 0 fully saturated rings. The number of nitrogens with one attached hydrogen (secondary N) is 1. The topological polar surface area (TPSA) is 72.8 Å². The zero-order valence-corrected chi connectivity index (χ0v) is 11.7. The third kappa shape index (κ3) is 5.12. The molecular formula is C12H15ClN2O3S. The van der Waals surface area contributed by atoms with Crippen LogP contribution in [0.3, 0.4) is 0 Å². The van der Waals surface area contributed by atoms with Crippen LogP contribution in [0, 0.1) is 0 Å². The van der Waals surface area contributed by atoms with Gasteiger partial charge in [-0.15, -0.1) is 0 Å². The Morgan fingerprint density at radius 1 is 1.32 bits per heavy atom. The van der Waals surface area contributed by atoms with E-state index in [2.05, 4.69) is 5.32 Å². The number of halogens is 1. The van der Waals surface area contributed by atoms with Gasteiger partial charge in [-0.1, -0.05) is 17.7 Å². The second-order valence-corrected chi connectivity index (χ2v) is 4.53. The van der Waals surface area contributed by atoms with Crippen molar-refractivity contribution in [2.24, 2.45) is 0 Å². The summed E-state index contributed by atoms with van der Waals surface area (Å²) < 4.78 is 0. The summed E-state index contributed by atoms with van der Waals surface area (Å²) in [6, 6.07) is 6.48. The van der Waals surface area contributed by atoms with E-state index in [4.69, 9.17) is 34.0 Å². The quantitative estimate of drug-likeness (QED) is 0.696. The summed E-state index contributed by atoms with van der Waals surface area (Å²) in [5.41, 5.74) is 0.391. The van der Waals surface area contributed by atoms with Crippen LogP contribution in [-0.4, -0.2) is 52.4 Å². The number of rotatable bonds is 5. The molecule has 3 N–H and O–H groups in total. The smallest absolute Gasteiger partial charge is 0.257 e. The highest BCUT2D eigenvalue weighted by Gasteiger charge is 2.13. The fraction of sp³-hybridized carbons (Fsp3) is 0.333. The number of carbonyl (C=O) groups excluding carboxylic acids is 1. The van der Waals surface area contributed by atoms with Gasteiger partial charge in [0.15, 0.2) is 5.11 Å². The number of hydrogen-bond acceptors (Lipinski definition) is 4. The Bertz CT molecular complexity index is 450. The molecule has 0 aliphatic heterocycles. The molecule has 0 aromatic heterocycles. The fourth-order valence-corrected chi connectivity index (χ4v) is 1.90. The number of hydrogen-bond donors (Lipinski definition) is 3. The summed E-state index contributed by atoms with van der Waals surface area (Å²) in [6.07, 6.45) is 0. The van der Waals surface area contributed by atoms with Gasteiger partial charge in [-0.2, -0.15) is 0 Å². The zero-order valence-electron chi connectivity index (χ0n) is 10.2. The average Bonchev–Trinajstić information content (AvgIpc) is 2.38. The molecule has 7 heteroatoms. The van der Waals surface area contributed by atoms with Crippen LogP contribution in [0.4, 0.5) is 0 Å². The minimum absolute atomic E-state index is 0.118. The highest BCUT2D eigenvalue weighted by Crippen LogP contribution is 2.10. The van der Waals surface area contributed by atoms with Gasteiger partial charge in [-0.3, -0.25) is 10.1 Å². The molecule has 19 heavy (non-hydrogen) atoms. The number of aliphatic hydroxyl groups excluding tert-OH is 2. The molecule has 0 bridgehead atoms. The first-order valence-corrected chi connectivity index (χ1v) is 6.44. The molecule has 0 atom stereocenters. The van der Waals surface area contributed by atoms with Gasteiger partial charge in [0.1, 0.15) is 0 Å². The summed E-state index contributed by atoms with van der Waals surface area (Å²) in [7, 11) is 0. The van der Waals surface area contributed by atoms with Crippen molar-refractivity contribution in [2.45, 2.75) is 0 Å². The summed E-state index contributed by atoms with van der Waals surface area (Å²) in [5.74, 6) is -0.381. The van der Waals surface area contributed by atoms with E-state index >= 15 is 0 Å². The van der Waals surface area contributed by atoms with E-state index in [1.54, 1.807) is 18.2 Å². The van der Waals surface area contributed by atoms with Gasteiger partial charge in [0.05, 0.1) is 13.2 Å². The lowest BCUT2D eigenvalue weighted by molar-refractivity contribution is 0.0970. The molecule has 0 heterocycles. The van der Waals surface area contributed by atoms with E-state index in [1.165, 1.54) is 11.0 Å². The molecule has 1 aromatic carbocycles. The Balaban J connectivity index is 2.67. The minimum Gasteiger partial charge on any atom is -0.395 e. The van der Waals surface area contributed by atoms with Crippen molar-refractivity contribution in [3.63, 3.8) is 0 Å². The number of amides is 1. The fourth-order valence-electron chi connectivity index (χ4n) is 1.43. The van der Waals surface area contributed by atoms with Crippen LogP contribution in [0.2, 0.25) is 5.02 Å². The summed E-state index contributed by atoms with van der Waals surface area (Å²) in [5, 5.41) is 20.9. The number of thiocarbonyl (C=S) groups is 1. The molecule has 0 unspecified atom stereocenters. The standard InChI is InChI=1S/C12H15ClN2O3S/c13-10-3-1-2-9(8-10)11(18)14-12(19)15(4-6-16)5-7-17/h1-3,8,16-17H,4-7H2,(H,14,18,19). The van der Waals surface area contributed by atoms with Crippen molar-refractivity contribution in [3.8, 4) is 0 Å². The molecule has 0 aliphatic rings. The first-order valence-electron chi connectivity index (χ1n) is 5.66. The van der Waals surface area contributed by atoms with E-state index in [0.29, 0.717) is 10.6 Å². The first-order chi connectivity index (χ1) is 9.08. The van der Waals surface area contributed by atoms with Crippen LogP contribution < -0.4 is 5.32 Å². The minimum atomic E-state index is -0.381. The van der Waals surface area contributed by atoms with Crippen molar-refractivity contribution in [2.75, 3.05) is 26.3 Å². The van der Waals surface area contributed by atoms with E-state index in [0.717, 1.165) is 0 Å². The second-order valence-electron chi connectivity index (χ2n) is 3.70. The molecule has 0 saturated heterocycles. The van der Waals surface area contributed by atoms with Crippen LogP contribution in [0.25, 0.3) is 0 Å². The van der Waals surface area contributed by atoms with Crippen LogP contribution in [-0.2, 0) is 0 Å². The predicted molar refractivity (Wildman–Crippen MR) is 77.3 cm³/mol. The van der Waals surface area contributed by atoms with Gasteiger partial charge < -0.3 is 15.1 Å². The normalized spacial score (nSPS) is 10.1. The molecule has 1 aromatic rings. The van der Waals surface area contributed by atoms with Gasteiger partial charge >= 0.3 is 0 Å². The Kier molecular flexibility index (Phi) is 6.72. The highest BCUT2D eigenvalue weighted by molar-refractivity contribution is 7.80.